The SMILES string of the molecule is CC1Cc2cc(Br)cc(C(C)CC=O)c2O1. The second kappa shape index (κ2) is 4.58. The van der Waals surface area contributed by atoms with Crippen LogP contribution in [-0.2, 0) is 11.2 Å². The summed E-state index contributed by atoms with van der Waals surface area (Å²) in [4.78, 5) is 10.6. The monoisotopic (exact) mass is 282 g/mol. The van der Waals surface area contributed by atoms with Gasteiger partial charge in [0.25, 0.3) is 0 Å². The van der Waals surface area contributed by atoms with Crippen molar-refractivity contribution in [2.24, 2.45) is 0 Å². The van der Waals surface area contributed by atoms with Crippen molar-refractivity contribution in [3.8, 4) is 5.75 Å². The lowest BCUT2D eigenvalue weighted by atomic mass is 9.95. The lowest BCUT2D eigenvalue weighted by molar-refractivity contribution is -0.108. The van der Waals surface area contributed by atoms with Gasteiger partial charge in [0, 0.05) is 17.3 Å². The second-order valence-electron chi connectivity index (χ2n) is 4.42. The molecule has 0 fully saturated rings. The maximum Gasteiger partial charge on any atom is 0.126 e. The van der Waals surface area contributed by atoms with E-state index in [0.717, 1.165) is 28.5 Å². The smallest absolute Gasteiger partial charge is 0.126 e. The van der Waals surface area contributed by atoms with Crippen LogP contribution in [0.2, 0.25) is 0 Å². The average molecular weight is 283 g/mol. The predicted molar refractivity (Wildman–Crippen MR) is 67.0 cm³/mol. The van der Waals surface area contributed by atoms with Crippen LogP contribution in [-0.4, -0.2) is 12.4 Å². The molecule has 0 bridgehead atoms. The molecule has 3 heteroatoms. The van der Waals surface area contributed by atoms with E-state index < -0.39 is 0 Å². The molecule has 16 heavy (non-hydrogen) atoms. The van der Waals surface area contributed by atoms with E-state index in [1.807, 2.05) is 0 Å². The minimum Gasteiger partial charge on any atom is -0.490 e. The largest absolute Gasteiger partial charge is 0.490 e. The number of aldehydes is 1. The first-order valence-corrected chi connectivity index (χ1v) is 6.33. The van der Waals surface area contributed by atoms with Crippen LogP contribution < -0.4 is 4.74 Å². The average Bonchev–Trinajstić information content (AvgIpc) is 2.57. The minimum atomic E-state index is 0.217. The van der Waals surface area contributed by atoms with Crippen molar-refractivity contribution in [2.45, 2.75) is 38.7 Å². The summed E-state index contributed by atoms with van der Waals surface area (Å²) in [5, 5.41) is 0. The number of halogens is 1. The summed E-state index contributed by atoms with van der Waals surface area (Å²) in [5.41, 5.74) is 2.38. The topological polar surface area (TPSA) is 26.3 Å². The van der Waals surface area contributed by atoms with Crippen molar-refractivity contribution in [2.75, 3.05) is 0 Å². The molecule has 1 aromatic carbocycles. The van der Waals surface area contributed by atoms with Gasteiger partial charge in [-0.25, -0.2) is 0 Å². The first-order valence-electron chi connectivity index (χ1n) is 5.54. The Morgan fingerprint density at radius 2 is 2.38 bits per heavy atom. The zero-order chi connectivity index (χ0) is 11.7. The van der Waals surface area contributed by atoms with Gasteiger partial charge in [0.15, 0.2) is 0 Å². The number of ether oxygens (including phenoxy) is 1. The van der Waals surface area contributed by atoms with Gasteiger partial charge in [0.2, 0.25) is 0 Å². The fourth-order valence-corrected chi connectivity index (χ4v) is 2.68. The molecule has 1 aromatic rings. The van der Waals surface area contributed by atoms with E-state index in [1.54, 1.807) is 0 Å². The van der Waals surface area contributed by atoms with Crippen molar-refractivity contribution >= 4 is 22.2 Å². The first kappa shape index (κ1) is 11.6. The molecule has 2 atom stereocenters. The molecule has 2 nitrogen and oxygen atoms in total. The zero-order valence-electron chi connectivity index (χ0n) is 9.50. The minimum absolute atomic E-state index is 0.217. The predicted octanol–water partition coefficient (Wildman–Crippen LogP) is 3.47. The van der Waals surface area contributed by atoms with Gasteiger partial charge in [-0.15, -0.1) is 0 Å². The molecule has 0 saturated heterocycles. The standard InChI is InChI=1S/C13H15BrO2/c1-8(3-4-15)12-7-11(14)6-10-5-9(2)16-13(10)12/h4,6-9H,3,5H2,1-2H3. The lowest BCUT2D eigenvalue weighted by Gasteiger charge is -2.14. The van der Waals surface area contributed by atoms with E-state index in [4.69, 9.17) is 4.74 Å². The van der Waals surface area contributed by atoms with Crippen molar-refractivity contribution in [3.05, 3.63) is 27.7 Å². The molecule has 1 aliphatic rings. The molecule has 0 saturated carbocycles. The van der Waals surface area contributed by atoms with E-state index in [-0.39, 0.29) is 12.0 Å². The highest BCUT2D eigenvalue weighted by Crippen LogP contribution is 2.39. The Morgan fingerprint density at radius 1 is 1.62 bits per heavy atom. The van der Waals surface area contributed by atoms with Crippen LogP contribution in [0.15, 0.2) is 16.6 Å². The molecule has 0 aromatic heterocycles. The zero-order valence-corrected chi connectivity index (χ0v) is 11.1. The van der Waals surface area contributed by atoms with Crippen LogP contribution in [0.5, 0.6) is 5.75 Å². The normalized spacial score (nSPS) is 20.1. The van der Waals surface area contributed by atoms with Crippen LogP contribution in [0, 0.1) is 0 Å². The van der Waals surface area contributed by atoms with E-state index >= 15 is 0 Å². The molecule has 0 aliphatic carbocycles. The highest BCUT2D eigenvalue weighted by molar-refractivity contribution is 9.10. The number of carbonyl (C=O) groups is 1. The van der Waals surface area contributed by atoms with Gasteiger partial charge in [0.1, 0.15) is 18.1 Å². The Kier molecular flexibility index (Phi) is 3.33. The number of benzene rings is 1. The molecule has 2 rings (SSSR count). The number of rotatable bonds is 3. The summed E-state index contributed by atoms with van der Waals surface area (Å²) in [6, 6.07) is 4.17. The Morgan fingerprint density at radius 3 is 3.06 bits per heavy atom. The van der Waals surface area contributed by atoms with Gasteiger partial charge in [-0.05, 0) is 36.1 Å². The second-order valence-corrected chi connectivity index (χ2v) is 5.33. The summed E-state index contributed by atoms with van der Waals surface area (Å²) >= 11 is 3.51. The number of fused-ring (bicyclic) bond motifs is 1. The number of carbonyl (C=O) groups excluding carboxylic acids is 1. The summed E-state index contributed by atoms with van der Waals surface area (Å²) in [7, 11) is 0. The van der Waals surface area contributed by atoms with Crippen molar-refractivity contribution in [1.29, 1.82) is 0 Å². The first-order chi connectivity index (χ1) is 7.61. The van der Waals surface area contributed by atoms with Crippen molar-refractivity contribution in [1.82, 2.24) is 0 Å². The lowest BCUT2D eigenvalue weighted by Crippen LogP contribution is -2.06. The van der Waals surface area contributed by atoms with E-state index in [9.17, 15) is 4.79 Å². The van der Waals surface area contributed by atoms with Crippen molar-refractivity contribution in [3.63, 3.8) is 0 Å². The van der Waals surface area contributed by atoms with Crippen LogP contribution in [0.25, 0.3) is 0 Å². The summed E-state index contributed by atoms with van der Waals surface area (Å²) in [6.07, 6.45) is 2.71. The number of hydrogen-bond donors (Lipinski definition) is 0. The third kappa shape index (κ3) is 2.14. The summed E-state index contributed by atoms with van der Waals surface area (Å²) in [5.74, 6) is 1.21. The molecule has 1 aliphatic heterocycles. The van der Waals surface area contributed by atoms with Gasteiger partial charge >= 0.3 is 0 Å². The van der Waals surface area contributed by atoms with E-state index in [2.05, 4.69) is 41.9 Å². The van der Waals surface area contributed by atoms with Crippen LogP contribution in [0.4, 0.5) is 0 Å². The van der Waals surface area contributed by atoms with Gasteiger partial charge in [0.05, 0.1) is 0 Å². The summed E-state index contributed by atoms with van der Waals surface area (Å²) in [6.45, 7) is 4.13. The molecule has 1 heterocycles. The van der Waals surface area contributed by atoms with Gasteiger partial charge in [-0.3, -0.25) is 0 Å². The Labute approximate surface area is 104 Å². The Bertz CT molecular complexity index is 415. The molecule has 0 N–H and O–H groups in total. The fourth-order valence-electron chi connectivity index (χ4n) is 2.16. The maximum atomic E-state index is 10.6. The van der Waals surface area contributed by atoms with E-state index in [0.29, 0.717) is 6.42 Å². The van der Waals surface area contributed by atoms with Crippen LogP contribution in [0.3, 0.4) is 0 Å². The molecule has 2 unspecified atom stereocenters. The Balaban J connectivity index is 2.42. The van der Waals surface area contributed by atoms with E-state index in [1.165, 1.54) is 5.56 Å². The van der Waals surface area contributed by atoms with Crippen LogP contribution >= 0.6 is 15.9 Å². The van der Waals surface area contributed by atoms with Gasteiger partial charge in [-0.2, -0.15) is 0 Å². The molecular weight excluding hydrogens is 268 g/mol. The molecule has 0 amide bonds. The number of hydrogen-bond acceptors (Lipinski definition) is 2. The third-order valence-corrected chi connectivity index (χ3v) is 3.42. The fraction of sp³-hybridized carbons (Fsp3) is 0.462. The van der Waals surface area contributed by atoms with Gasteiger partial charge < -0.3 is 9.53 Å². The highest BCUT2D eigenvalue weighted by atomic mass is 79.9. The molecule has 0 radical (unpaired) electrons. The molecule has 0 spiro atoms. The maximum absolute atomic E-state index is 10.6. The quantitative estimate of drug-likeness (QED) is 0.794. The van der Waals surface area contributed by atoms with Crippen molar-refractivity contribution < 1.29 is 9.53 Å². The highest BCUT2D eigenvalue weighted by Gasteiger charge is 2.24. The van der Waals surface area contributed by atoms with Gasteiger partial charge in [-0.1, -0.05) is 22.9 Å². The molecule has 86 valence electrons. The Hall–Kier alpha value is -0.830. The third-order valence-electron chi connectivity index (χ3n) is 2.97. The summed E-state index contributed by atoms with van der Waals surface area (Å²) < 4.78 is 6.89. The molecular formula is C13H15BrO2. The van der Waals surface area contributed by atoms with Crippen LogP contribution in [0.1, 0.15) is 37.3 Å².